The lowest BCUT2D eigenvalue weighted by Gasteiger charge is -2.16. The van der Waals surface area contributed by atoms with E-state index in [0.717, 1.165) is 18.5 Å². The van der Waals surface area contributed by atoms with Gasteiger partial charge in [0.05, 0.1) is 0 Å². The molecule has 0 saturated heterocycles. The van der Waals surface area contributed by atoms with Crippen LogP contribution in [0.15, 0.2) is 24.3 Å². The number of carboxylic acid groups (broad SMARTS) is 1. The van der Waals surface area contributed by atoms with Gasteiger partial charge in [-0.3, -0.25) is 0 Å². The summed E-state index contributed by atoms with van der Waals surface area (Å²) in [5, 5.41) is 11.9. The zero-order chi connectivity index (χ0) is 12.7. The van der Waals surface area contributed by atoms with Crippen LogP contribution in [0, 0.1) is 0 Å². The van der Waals surface area contributed by atoms with Gasteiger partial charge in [0.2, 0.25) is 0 Å². The Morgan fingerprint density at radius 2 is 1.88 bits per heavy atom. The lowest BCUT2D eigenvalue weighted by molar-refractivity contribution is -0.139. The Hall–Kier alpha value is -1.71. The van der Waals surface area contributed by atoms with Crippen molar-refractivity contribution in [2.75, 3.05) is 11.9 Å². The van der Waals surface area contributed by atoms with Gasteiger partial charge in [0.1, 0.15) is 5.75 Å². The Kier molecular flexibility index (Phi) is 5.33. The predicted molar refractivity (Wildman–Crippen MR) is 67.6 cm³/mol. The standard InChI is InChI=1S/C13H19NO3/c1-3-10(4-2)14-11-5-7-12(8-6-11)17-9-13(15)16/h5-8,10,14H,3-4,9H2,1-2H3,(H,15,16). The second-order valence-corrected chi connectivity index (χ2v) is 3.86. The number of hydrogen-bond donors (Lipinski definition) is 2. The largest absolute Gasteiger partial charge is 0.482 e. The average molecular weight is 237 g/mol. The van der Waals surface area contributed by atoms with Crippen LogP contribution in [0.25, 0.3) is 0 Å². The molecule has 1 aromatic carbocycles. The highest BCUT2D eigenvalue weighted by molar-refractivity contribution is 5.68. The summed E-state index contributed by atoms with van der Waals surface area (Å²) in [4.78, 5) is 10.3. The minimum atomic E-state index is -0.968. The van der Waals surface area contributed by atoms with Crippen molar-refractivity contribution in [3.05, 3.63) is 24.3 Å². The summed E-state index contributed by atoms with van der Waals surface area (Å²) < 4.78 is 5.05. The van der Waals surface area contributed by atoms with Gasteiger partial charge >= 0.3 is 5.97 Å². The lowest BCUT2D eigenvalue weighted by Crippen LogP contribution is -2.16. The molecule has 0 fully saturated rings. The molecular weight excluding hydrogens is 218 g/mol. The number of aliphatic carboxylic acids is 1. The van der Waals surface area contributed by atoms with Crippen LogP contribution in [0.3, 0.4) is 0 Å². The topological polar surface area (TPSA) is 58.6 Å². The number of carboxylic acids is 1. The van der Waals surface area contributed by atoms with E-state index in [2.05, 4.69) is 19.2 Å². The molecule has 0 amide bonds. The van der Waals surface area contributed by atoms with Gasteiger partial charge in [0.25, 0.3) is 0 Å². The maximum atomic E-state index is 10.3. The Morgan fingerprint density at radius 1 is 1.29 bits per heavy atom. The number of carbonyl (C=O) groups is 1. The predicted octanol–water partition coefficient (Wildman–Crippen LogP) is 2.75. The Bertz CT molecular complexity index is 344. The summed E-state index contributed by atoms with van der Waals surface area (Å²) >= 11 is 0. The van der Waals surface area contributed by atoms with Gasteiger partial charge in [-0.2, -0.15) is 0 Å². The van der Waals surface area contributed by atoms with E-state index in [0.29, 0.717) is 11.8 Å². The molecule has 0 unspecified atom stereocenters. The third kappa shape index (κ3) is 4.76. The van der Waals surface area contributed by atoms with E-state index in [4.69, 9.17) is 9.84 Å². The van der Waals surface area contributed by atoms with Crippen LogP contribution in [0.1, 0.15) is 26.7 Å². The molecule has 0 radical (unpaired) electrons. The number of ether oxygens (including phenoxy) is 1. The van der Waals surface area contributed by atoms with Crippen LogP contribution in [0.5, 0.6) is 5.75 Å². The fraction of sp³-hybridized carbons (Fsp3) is 0.462. The molecule has 1 aromatic rings. The van der Waals surface area contributed by atoms with Gasteiger partial charge in [-0.1, -0.05) is 13.8 Å². The molecule has 0 saturated carbocycles. The lowest BCUT2D eigenvalue weighted by atomic mass is 10.1. The van der Waals surface area contributed by atoms with Crippen molar-refractivity contribution in [1.82, 2.24) is 0 Å². The fourth-order valence-corrected chi connectivity index (χ4v) is 1.52. The van der Waals surface area contributed by atoms with E-state index in [1.807, 2.05) is 12.1 Å². The summed E-state index contributed by atoms with van der Waals surface area (Å²) in [5.74, 6) is -0.397. The quantitative estimate of drug-likeness (QED) is 0.765. The van der Waals surface area contributed by atoms with E-state index >= 15 is 0 Å². The highest BCUT2D eigenvalue weighted by Gasteiger charge is 2.03. The minimum Gasteiger partial charge on any atom is -0.482 e. The van der Waals surface area contributed by atoms with Gasteiger partial charge in [-0.05, 0) is 37.1 Å². The first-order chi connectivity index (χ1) is 8.15. The summed E-state index contributed by atoms with van der Waals surface area (Å²) in [6, 6.07) is 7.81. The number of hydrogen-bond acceptors (Lipinski definition) is 3. The highest BCUT2D eigenvalue weighted by Crippen LogP contribution is 2.17. The monoisotopic (exact) mass is 237 g/mol. The molecule has 0 atom stereocenters. The molecule has 0 aliphatic rings. The molecule has 0 aromatic heterocycles. The van der Waals surface area contributed by atoms with Crippen molar-refractivity contribution < 1.29 is 14.6 Å². The van der Waals surface area contributed by atoms with Crippen molar-refractivity contribution >= 4 is 11.7 Å². The first-order valence-electron chi connectivity index (χ1n) is 5.86. The van der Waals surface area contributed by atoms with Crippen LogP contribution in [-0.2, 0) is 4.79 Å². The van der Waals surface area contributed by atoms with Crippen molar-refractivity contribution in [1.29, 1.82) is 0 Å². The van der Waals surface area contributed by atoms with Crippen LogP contribution in [0.2, 0.25) is 0 Å². The van der Waals surface area contributed by atoms with Crippen LogP contribution in [0.4, 0.5) is 5.69 Å². The Balaban J connectivity index is 2.52. The van der Waals surface area contributed by atoms with Crippen molar-refractivity contribution in [2.24, 2.45) is 0 Å². The molecular formula is C13H19NO3. The van der Waals surface area contributed by atoms with Gasteiger partial charge in [0.15, 0.2) is 6.61 Å². The van der Waals surface area contributed by atoms with Gasteiger partial charge < -0.3 is 15.2 Å². The molecule has 94 valence electrons. The van der Waals surface area contributed by atoms with Crippen molar-refractivity contribution in [2.45, 2.75) is 32.7 Å². The van der Waals surface area contributed by atoms with E-state index in [9.17, 15) is 4.79 Å². The zero-order valence-corrected chi connectivity index (χ0v) is 10.3. The van der Waals surface area contributed by atoms with E-state index in [-0.39, 0.29) is 6.61 Å². The summed E-state index contributed by atoms with van der Waals surface area (Å²) in [5.41, 5.74) is 1.03. The zero-order valence-electron chi connectivity index (χ0n) is 10.3. The number of benzene rings is 1. The molecule has 0 heterocycles. The first-order valence-corrected chi connectivity index (χ1v) is 5.86. The molecule has 0 aliphatic heterocycles. The van der Waals surface area contributed by atoms with E-state index < -0.39 is 5.97 Å². The summed E-state index contributed by atoms with van der Waals surface area (Å²) in [6.07, 6.45) is 2.15. The van der Waals surface area contributed by atoms with E-state index in [1.54, 1.807) is 12.1 Å². The summed E-state index contributed by atoms with van der Waals surface area (Å²) in [6.45, 7) is 3.98. The summed E-state index contributed by atoms with van der Waals surface area (Å²) in [7, 11) is 0. The van der Waals surface area contributed by atoms with Crippen LogP contribution < -0.4 is 10.1 Å². The number of anilines is 1. The highest BCUT2D eigenvalue weighted by atomic mass is 16.5. The molecule has 0 spiro atoms. The van der Waals surface area contributed by atoms with Gasteiger partial charge in [0, 0.05) is 11.7 Å². The third-order valence-corrected chi connectivity index (χ3v) is 2.57. The molecule has 4 heteroatoms. The number of rotatable bonds is 7. The van der Waals surface area contributed by atoms with Gasteiger partial charge in [-0.15, -0.1) is 0 Å². The fourth-order valence-electron chi connectivity index (χ4n) is 1.52. The minimum absolute atomic E-state index is 0.306. The molecule has 0 aliphatic carbocycles. The Morgan fingerprint density at radius 3 is 2.35 bits per heavy atom. The smallest absolute Gasteiger partial charge is 0.341 e. The maximum absolute atomic E-state index is 10.3. The third-order valence-electron chi connectivity index (χ3n) is 2.57. The maximum Gasteiger partial charge on any atom is 0.341 e. The van der Waals surface area contributed by atoms with Crippen molar-refractivity contribution in [3.63, 3.8) is 0 Å². The average Bonchev–Trinajstić information content (AvgIpc) is 2.34. The Labute approximate surface area is 102 Å². The van der Waals surface area contributed by atoms with Gasteiger partial charge in [-0.25, -0.2) is 4.79 Å². The molecule has 1 rings (SSSR count). The van der Waals surface area contributed by atoms with E-state index in [1.165, 1.54) is 0 Å². The number of nitrogens with one attached hydrogen (secondary N) is 1. The van der Waals surface area contributed by atoms with Crippen molar-refractivity contribution in [3.8, 4) is 5.75 Å². The first kappa shape index (κ1) is 13.4. The second kappa shape index (κ2) is 6.78. The van der Waals surface area contributed by atoms with Crippen LogP contribution >= 0.6 is 0 Å². The molecule has 0 bridgehead atoms. The molecule has 17 heavy (non-hydrogen) atoms. The molecule has 2 N–H and O–H groups in total. The normalized spacial score (nSPS) is 10.3. The second-order valence-electron chi connectivity index (χ2n) is 3.86. The SMILES string of the molecule is CCC(CC)Nc1ccc(OCC(=O)O)cc1. The molecule has 4 nitrogen and oxygen atoms in total. The van der Waals surface area contributed by atoms with Crippen LogP contribution in [-0.4, -0.2) is 23.7 Å².